The second kappa shape index (κ2) is 5.15. The number of aliphatic hydroxyl groups excluding tert-OH is 1. The van der Waals surface area contributed by atoms with Gasteiger partial charge in [0, 0.05) is 19.0 Å². The van der Waals surface area contributed by atoms with Crippen LogP contribution >= 0.6 is 0 Å². The topological polar surface area (TPSA) is 66.6 Å². The molecule has 1 amide bonds. The van der Waals surface area contributed by atoms with Gasteiger partial charge in [-0.05, 0) is 25.7 Å². The normalized spacial score (nSPS) is 32.8. The first-order chi connectivity index (χ1) is 7.70. The minimum absolute atomic E-state index is 0.0261. The SMILES string of the molecule is N[C@H](C(=O)N1CCCC1)[C@@H]1CCCC[C@H]1O. The lowest BCUT2D eigenvalue weighted by molar-refractivity contribution is -0.134. The number of carbonyl (C=O) groups excluding carboxylic acids is 1. The summed E-state index contributed by atoms with van der Waals surface area (Å²) in [5.41, 5.74) is 6.01. The molecule has 1 aliphatic heterocycles. The van der Waals surface area contributed by atoms with Crippen molar-refractivity contribution in [3.8, 4) is 0 Å². The van der Waals surface area contributed by atoms with E-state index in [1.54, 1.807) is 0 Å². The molecule has 0 aromatic carbocycles. The monoisotopic (exact) mass is 226 g/mol. The summed E-state index contributed by atoms with van der Waals surface area (Å²) in [4.78, 5) is 13.9. The molecule has 16 heavy (non-hydrogen) atoms. The van der Waals surface area contributed by atoms with Gasteiger partial charge in [0.15, 0.2) is 0 Å². The summed E-state index contributed by atoms with van der Waals surface area (Å²) in [5.74, 6) is 0.0188. The molecule has 4 heteroatoms. The number of likely N-dealkylation sites (tertiary alicyclic amines) is 1. The maximum atomic E-state index is 12.1. The maximum absolute atomic E-state index is 12.1. The van der Waals surface area contributed by atoms with Crippen LogP contribution in [0.4, 0.5) is 0 Å². The molecule has 1 aliphatic carbocycles. The van der Waals surface area contributed by atoms with Crippen LogP contribution in [0.2, 0.25) is 0 Å². The Labute approximate surface area is 96.8 Å². The van der Waals surface area contributed by atoms with Crippen LogP contribution in [0.15, 0.2) is 0 Å². The summed E-state index contributed by atoms with van der Waals surface area (Å²) < 4.78 is 0. The number of aliphatic hydroxyl groups is 1. The van der Waals surface area contributed by atoms with E-state index in [0.717, 1.165) is 51.6 Å². The lowest BCUT2D eigenvalue weighted by Gasteiger charge is -2.33. The van der Waals surface area contributed by atoms with Crippen LogP contribution < -0.4 is 5.73 Å². The molecule has 0 radical (unpaired) electrons. The van der Waals surface area contributed by atoms with Gasteiger partial charge < -0.3 is 15.7 Å². The first-order valence-corrected chi connectivity index (χ1v) is 6.42. The highest BCUT2D eigenvalue weighted by Crippen LogP contribution is 2.27. The standard InChI is InChI=1S/C12H22N2O2/c13-11(9-5-1-2-6-10(9)15)12(16)14-7-3-4-8-14/h9-11,15H,1-8,13H2/t9-,10-,11+/m1/s1. The molecule has 1 saturated carbocycles. The van der Waals surface area contributed by atoms with Crippen molar-refractivity contribution in [3.63, 3.8) is 0 Å². The van der Waals surface area contributed by atoms with E-state index in [1.165, 1.54) is 0 Å². The molecule has 2 fully saturated rings. The van der Waals surface area contributed by atoms with E-state index in [2.05, 4.69) is 0 Å². The van der Waals surface area contributed by atoms with Crippen LogP contribution in [0.25, 0.3) is 0 Å². The van der Waals surface area contributed by atoms with Gasteiger partial charge in [-0.15, -0.1) is 0 Å². The van der Waals surface area contributed by atoms with Gasteiger partial charge in [0.05, 0.1) is 12.1 Å². The lowest BCUT2D eigenvalue weighted by atomic mass is 9.81. The van der Waals surface area contributed by atoms with Crippen LogP contribution in [0.3, 0.4) is 0 Å². The Morgan fingerprint density at radius 2 is 1.81 bits per heavy atom. The van der Waals surface area contributed by atoms with E-state index < -0.39 is 6.04 Å². The summed E-state index contributed by atoms with van der Waals surface area (Å²) in [5, 5.41) is 9.88. The third-order valence-electron chi connectivity index (χ3n) is 3.95. The summed E-state index contributed by atoms with van der Waals surface area (Å²) in [6.07, 6.45) is 5.63. The van der Waals surface area contributed by atoms with E-state index in [4.69, 9.17) is 5.73 Å². The predicted molar refractivity (Wildman–Crippen MR) is 61.8 cm³/mol. The number of hydrogen-bond acceptors (Lipinski definition) is 3. The Hall–Kier alpha value is -0.610. The van der Waals surface area contributed by atoms with Crippen molar-refractivity contribution >= 4 is 5.91 Å². The molecule has 0 aromatic rings. The zero-order valence-corrected chi connectivity index (χ0v) is 9.77. The fraction of sp³-hybridized carbons (Fsp3) is 0.917. The van der Waals surface area contributed by atoms with Gasteiger partial charge in [0.2, 0.25) is 5.91 Å². The average molecular weight is 226 g/mol. The van der Waals surface area contributed by atoms with Crippen molar-refractivity contribution in [2.24, 2.45) is 11.7 Å². The largest absolute Gasteiger partial charge is 0.393 e. The van der Waals surface area contributed by atoms with Crippen LogP contribution in [0, 0.1) is 5.92 Å². The summed E-state index contributed by atoms with van der Waals surface area (Å²) in [6, 6.07) is -0.492. The third kappa shape index (κ3) is 2.38. The van der Waals surface area contributed by atoms with Crippen molar-refractivity contribution in [1.82, 2.24) is 4.90 Å². The summed E-state index contributed by atoms with van der Waals surface area (Å²) >= 11 is 0. The molecular formula is C12H22N2O2. The van der Waals surface area contributed by atoms with Crippen LogP contribution in [0.5, 0.6) is 0 Å². The second-order valence-electron chi connectivity index (χ2n) is 5.07. The maximum Gasteiger partial charge on any atom is 0.239 e. The fourth-order valence-corrected chi connectivity index (χ4v) is 2.89. The average Bonchev–Trinajstić information content (AvgIpc) is 2.81. The highest BCUT2D eigenvalue weighted by Gasteiger charge is 2.35. The molecule has 4 nitrogen and oxygen atoms in total. The molecule has 3 N–H and O–H groups in total. The molecule has 2 aliphatic rings. The molecule has 0 spiro atoms. The minimum Gasteiger partial charge on any atom is -0.393 e. The quantitative estimate of drug-likeness (QED) is 0.720. The van der Waals surface area contributed by atoms with Gasteiger partial charge in [-0.1, -0.05) is 12.8 Å². The zero-order valence-electron chi connectivity index (χ0n) is 9.77. The van der Waals surface area contributed by atoms with Crippen LogP contribution in [-0.2, 0) is 4.79 Å². The summed E-state index contributed by atoms with van der Waals surface area (Å²) in [6.45, 7) is 1.69. The van der Waals surface area contributed by atoms with E-state index in [0.29, 0.717) is 0 Å². The predicted octanol–water partition coefficient (Wildman–Crippen LogP) is 0.487. The van der Waals surface area contributed by atoms with E-state index >= 15 is 0 Å². The van der Waals surface area contributed by atoms with Gasteiger partial charge in [-0.25, -0.2) is 0 Å². The first kappa shape index (κ1) is 11.9. The molecule has 92 valence electrons. The zero-order chi connectivity index (χ0) is 11.5. The Kier molecular flexibility index (Phi) is 3.82. The van der Waals surface area contributed by atoms with Gasteiger partial charge in [0.25, 0.3) is 0 Å². The number of carbonyl (C=O) groups is 1. The van der Waals surface area contributed by atoms with Gasteiger partial charge >= 0.3 is 0 Å². The third-order valence-corrected chi connectivity index (χ3v) is 3.95. The Morgan fingerprint density at radius 3 is 2.44 bits per heavy atom. The first-order valence-electron chi connectivity index (χ1n) is 6.42. The van der Waals surface area contributed by atoms with Crippen molar-refractivity contribution in [2.45, 2.75) is 50.7 Å². The van der Waals surface area contributed by atoms with Crippen LogP contribution in [-0.4, -0.2) is 41.1 Å². The number of nitrogens with zero attached hydrogens (tertiary/aromatic N) is 1. The number of nitrogens with two attached hydrogens (primary N) is 1. The molecule has 0 unspecified atom stereocenters. The molecular weight excluding hydrogens is 204 g/mol. The minimum atomic E-state index is -0.492. The highest BCUT2D eigenvalue weighted by molar-refractivity contribution is 5.82. The Morgan fingerprint density at radius 1 is 1.19 bits per heavy atom. The summed E-state index contributed by atoms with van der Waals surface area (Å²) in [7, 11) is 0. The molecule has 0 bridgehead atoms. The van der Waals surface area contributed by atoms with Crippen molar-refractivity contribution < 1.29 is 9.90 Å². The smallest absolute Gasteiger partial charge is 0.239 e. The van der Waals surface area contributed by atoms with E-state index in [9.17, 15) is 9.90 Å². The number of hydrogen-bond donors (Lipinski definition) is 2. The highest BCUT2D eigenvalue weighted by atomic mass is 16.3. The van der Waals surface area contributed by atoms with Gasteiger partial charge in [0.1, 0.15) is 0 Å². The molecule has 3 atom stereocenters. The van der Waals surface area contributed by atoms with Crippen molar-refractivity contribution in [2.75, 3.05) is 13.1 Å². The number of amides is 1. The van der Waals surface area contributed by atoms with Gasteiger partial charge in [-0.3, -0.25) is 4.79 Å². The van der Waals surface area contributed by atoms with E-state index in [-0.39, 0.29) is 17.9 Å². The lowest BCUT2D eigenvalue weighted by Crippen LogP contribution is -2.50. The Balaban J connectivity index is 1.94. The Bertz CT molecular complexity index is 251. The molecule has 1 heterocycles. The number of rotatable bonds is 2. The van der Waals surface area contributed by atoms with Gasteiger partial charge in [-0.2, -0.15) is 0 Å². The molecule has 2 rings (SSSR count). The molecule has 1 saturated heterocycles. The second-order valence-corrected chi connectivity index (χ2v) is 5.07. The molecule has 0 aromatic heterocycles. The van der Waals surface area contributed by atoms with Crippen molar-refractivity contribution in [1.29, 1.82) is 0 Å². The van der Waals surface area contributed by atoms with Crippen molar-refractivity contribution in [3.05, 3.63) is 0 Å². The van der Waals surface area contributed by atoms with Crippen LogP contribution in [0.1, 0.15) is 38.5 Å². The van der Waals surface area contributed by atoms with E-state index in [1.807, 2.05) is 4.90 Å². The fourth-order valence-electron chi connectivity index (χ4n) is 2.89.